The van der Waals surface area contributed by atoms with E-state index < -0.39 is 0 Å². The van der Waals surface area contributed by atoms with Crippen LogP contribution in [0.25, 0.3) is 0 Å². The van der Waals surface area contributed by atoms with Crippen molar-refractivity contribution in [2.24, 2.45) is 0 Å². The first-order valence-corrected chi connectivity index (χ1v) is 5.36. The number of hydrogen-bond donors (Lipinski definition) is 3. The summed E-state index contributed by atoms with van der Waals surface area (Å²) in [6.07, 6.45) is 0. The summed E-state index contributed by atoms with van der Waals surface area (Å²) in [7, 11) is 0. The van der Waals surface area contributed by atoms with Crippen LogP contribution in [0.5, 0.6) is 0 Å². The molecule has 0 saturated heterocycles. The largest absolute Gasteiger partial charge is 0.383 e. The Morgan fingerprint density at radius 1 is 1.24 bits per heavy atom. The minimum atomic E-state index is 0.132. The van der Waals surface area contributed by atoms with Crippen LogP contribution in [0.2, 0.25) is 5.02 Å². The summed E-state index contributed by atoms with van der Waals surface area (Å²) in [5.74, 6) is 0.993. The van der Waals surface area contributed by atoms with Crippen LogP contribution in [0, 0.1) is 6.92 Å². The van der Waals surface area contributed by atoms with Gasteiger partial charge in [0, 0.05) is 16.8 Å². The third-order valence-corrected chi connectivity index (χ3v) is 2.70. The molecule has 6 heteroatoms. The molecule has 88 valence electrons. The fourth-order valence-electron chi connectivity index (χ4n) is 1.43. The van der Waals surface area contributed by atoms with Crippen LogP contribution in [0.15, 0.2) is 24.3 Å². The fraction of sp³-hybridized carbons (Fsp3) is 0.0909. The summed E-state index contributed by atoms with van der Waals surface area (Å²) < 4.78 is 0. The van der Waals surface area contributed by atoms with Crippen molar-refractivity contribution in [2.45, 2.75) is 6.92 Å². The molecule has 0 aliphatic heterocycles. The molecule has 0 aliphatic rings. The van der Waals surface area contributed by atoms with E-state index >= 15 is 0 Å². The number of benzene rings is 1. The highest BCUT2D eigenvalue weighted by Gasteiger charge is 2.04. The molecule has 0 spiro atoms. The first kappa shape index (κ1) is 11.5. The molecule has 1 aromatic carbocycles. The van der Waals surface area contributed by atoms with Gasteiger partial charge in [0.25, 0.3) is 0 Å². The van der Waals surface area contributed by atoms with Crippen LogP contribution >= 0.6 is 11.6 Å². The van der Waals surface area contributed by atoms with Crippen molar-refractivity contribution in [2.75, 3.05) is 16.8 Å². The molecule has 0 radical (unpaired) electrons. The normalized spacial score (nSPS) is 10.2. The average Bonchev–Trinajstić information content (AvgIpc) is 2.23. The molecule has 0 saturated carbocycles. The summed E-state index contributed by atoms with van der Waals surface area (Å²) in [5.41, 5.74) is 12.9. The van der Waals surface area contributed by atoms with Crippen LogP contribution in [-0.4, -0.2) is 9.97 Å². The zero-order chi connectivity index (χ0) is 12.4. The van der Waals surface area contributed by atoms with E-state index in [1.165, 1.54) is 0 Å². The van der Waals surface area contributed by atoms with Gasteiger partial charge in [-0.1, -0.05) is 17.7 Å². The number of nitrogen functional groups attached to an aromatic ring is 2. The van der Waals surface area contributed by atoms with Gasteiger partial charge in [0.15, 0.2) is 0 Å². The van der Waals surface area contributed by atoms with Crippen molar-refractivity contribution >= 4 is 34.9 Å². The van der Waals surface area contributed by atoms with E-state index in [-0.39, 0.29) is 5.95 Å². The number of nitrogens with two attached hydrogens (primary N) is 2. The fourth-order valence-corrected chi connectivity index (χ4v) is 1.60. The SMILES string of the molecule is Cc1c(Cl)cccc1Nc1cc(N)nc(N)n1. The molecular formula is C11H12ClN5. The van der Waals surface area contributed by atoms with E-state index in [1.54, 1.807) is 6.07 Å². The molecule has 0 aliphatic carbocycles. The van der Waals surface area contributed by atoms with Gasteiger partial charge in [-0.3, -0.25) is 0 Å². The topological polar surface area (TPSA) is 89.8 Å². The predicted octanol–water partition coefficient (Wildman–Crippen LogP) is 2.35. The van der Waals surface area contributed by atoms with Crippen LogP contribution in [0.3, 0.4) is 0 Å². The third-order valence-electron chi connectivity index (χ3n) is 2.29. The lowest BCUT2D eigenvalue weighted by Crippen LogP contribution is -2.03. The van der Waals surface area contributed by atoms with E-state index in [2.05, 4.69) is 15.3 Å². The van der Waals surface area contributed by atoms with E-state index in [0.29, 0.717) is 16.7 Å². The molecule has 0 fully saturated rings. The molecule has 0 amide bonds. The van der Waals surface area contributed by atoms with Crippen molar-refractivity contribution in [3.05, 3.63) is 34.9 Å². The average molecular weight is 250 g/mol. The van der Waals surface area contributed by atoms with Crippen molar-refractivity contribution in [1.29, 1.82) is 0 Å². The number of halogens is 1. The molecule has 0 atom stereocenters. The molecule has 1 heterocycles. The Balaban J connectivity index is 2.34. The van der Waals surface area contributed by atoms with Gasteiger partial charge in [0.1, 0.15) is 11.6 Å². The number of rotatable bonds is 2. The first-order chi connectivity index (χ1) is 8.06. The van der Waals surface area contributed by atoms with Crippen molar-refractivity contribution in [1.82, 2.24) is 9.97 Å². The Morgan fingerprint density at radius 2 is 2.00 bits per heavy atom. The van der Waals surface area contributed by atoms with Gasteiger partial charge in [-0.2, -0.15) is 9.97 Å². The number of nitrogens with one attached hydrogen (secondary N) is 1. The lowest BCUT2D eigenvalue weighted by Gasteiger charge is -2.10. The van der Waals surface area contributed by atoms with E-state index in [4.69, 9.17) is 23.1 Å². The molecule has 17 heavy (non-hydrogen) atoms. The summed E-state index contributed by atoms with van der Waals surface area (Å²) in [5, 5.41) is 3.78. The first-order valence-electron chi connectivity index (χ1n) is 4.98. The van der Waals surface area contributed by atoms with Crippen molar-refractivity contribution < 1.29 is 0 Å². The zero-order valence-corrected chi connectivity index (χ0v) is 9.99. The number of nitrogens with zero attached hydrogens (tertiary/aromatic N) is 2. The maximum Gasteiger partial charge on any atom is 0.223 e. The van der Waals surface area contributed by atoms with Gasteiger partial charge in [0.05, 0.1) is 0 Å². The van der Waals surface area contributed by atoms with E-state index in [1.807, 2.05) is 25.1 Å². The molecule has 2 aromatic rings. The summed E-state index contributed by atoms with van der Waals surface area (Å²) in [6.45, 7) is 1.92. The monoisotopic (exact) mass is 249 g/mol. The quantitative estimate of drug-likeness (QED) is 0.760. The van der Waals surface area contributed by atoms with Crippen LogP contribution in [-0.2, 0) is 0 Å². The Labute approximate surface area is 104 Å². The Kier molecular flexibility index (Phi) is 3.01. The molecule has 5 N–H and O–H groups in total. The van der Waals surface area contributed by atoms with Gasteiger partial charge < -0.3 is 16.8 Å². The van der Waals surface area contributed by atoms with Gasteiger partial charge >= 0.3 is 0 Å². The molecule has 1 aromatic heterocycles. The molecular weight excluding hydrogens is 238 g/mol. The number of anilines is 4. The predicted molar refractivity (Wildman–Crippen MR) is 70.3 cm³/mol. The number of hydrogen-bond acceptors (Lipinski definition) is 5. The van der Waals surface area contributed by atoms with Crippen LogP contribution < -0.4 is 16.8 Å². The highest BCUT2D eigenvalue weighted by molar-refractivity contribution is 6.31. The Hall–Kier alpha value is -2.01. The van der Waals surface area contributed by atoms with Crippen molar-refractivity contribution in [3.8, 4) is 0 Å². The zero-order valence-electron chi connectivity index (χ0n) is 9.24. The highest BCUT2D eigenvalue weighted by atomic mass is 35.5. The van der Waals surface area contributed by atoms with Crippen LogP contribution in [0.4, 0.5) is 23.3 Å². The van der Waals surface area contributed by atoms with E-state index in [0.717, 1.165) is 11.3 Å². The standard InChI is InChI=1S/C11H12ClN5/c1-6-7(12)3-2-4-8(6)15-10-5-9(13)16-11(14)17-10/h2-5H,1H3,(H5,13,14,15,16,17). The molecule has 5 nitrogen and oxygen atoms in total. The van der Waals surface area contributed by atoms with Crippen LogP contribution in [0.1, 0.15) is 5.56 Å². The third kappa shape index (κ3) is 2.57. The second-order valence-electron chi connectivity index (χ2n) is 3.57. The van der Waals surface area contributed by atoms with E-state index in [9.17, 15) is 0 Å². The summed E-state index contributed by atoms with van der Waals surface area (Å²) in [6, 6.07) is 7.18. The smallest absolute Gasteiger partial charge is 0.223 e. The van der Waals surface area contributed by atoms with Gasteiger partial charge in [-0.05, 0) is 24.6 Å². The van der Waals surface area contributed by atoms with Gasteiger partial charge in [-0.15, -0.1) is 0 Å². The lowest BCUT2D eigenvalue weighted by molar-refractivity contribution is 1.19. The second-order valence-corrected chi connectivity index (χ2v) is 3.98. The second kappa shape index (κ2) is 4.47. The van der Waals surface area contributed by atoms with Gasteiger partial charge in [0.2, 0.25) is 5.95 Å². The minimum Gasteiger partial charge on any atom is -0.383 e. The number of aromatic nitrogens is 2. The maximum absolute atomic E-state index is 6.02. The Morgan fingerprint density at radius 3 is 2.71 bits per heavy atom. The lowest BCUT2D eigenvalue weighted by atomic mass is 10.2. The Bertz CT molecular complexity index is 535. The maximum atomic E-state index is 6.02. The molecule has 0 bridgehead atoms. The summed E-state index contributed by atoms with van der Waals surface area (Å²) >= 11 is 6.02. The van der Waals surface area contributed by atoms with Crippen molar-refractivity contribution in [3.63, 3.8) is 0 Å². The highest BCUT2D eigenvalue weighted by Crippen LogP contribution is 2.25. The minimum absolute atomic E-state index is 0.132. The molecule has 2 rings (SSSR count). The molecule has 0 unspecified atom stereocenters. The van der Waals surface area contributed by atoms with Gasteiger partial charge in [-0.25, -0.2) is 0 Å². The summed E-state index contributed by atoms with van der Waals surface area (Å²) in [4.78, 5) is 7.83.